The highest BCUT2D eigenvalue weighted by molar-refractivity contribution is 8.13. The Bertz CT molecular complexity index is 205. The summed E-state index contributed by atoms with van der Waals surface area (Å²) < 4.78 is 0. The van der Waals surface area contributed by atoms with Gasteiger partial charge in [0.15, 0.2) is 5.17 Å². The topological polar surface area (TPSA) is 15.6 Å². The zero-order chi connectivity index (χ0) is 10.6. The molecule has 0 spiro atoms. The Balaban J connectivity index is 2.51. The van der Waals surface area contributed by atoms with E-state index >= 15 is 0 Å². The third-order valence-electron chi connectivity index (χ3n) is 2.25. The van der Waals surface area contributed by atoms with Gasteiger partial charge in [-0.05, 0) is 19.1 Å². The molecule has 1 saturated heterocycles. The Morgan fingerprint density at radius 2 is 1.86 bits per heavy atom. The smallest absolute Gasteiger partial charge is 0.158 e. The minimum Gasteiger partial charge on any atom is -0.352 e. The van der Waals surface area contributed by atoms with Crippen LogP contribution in [0.2, 0.25) is 19.6 Å². The lowest BCUT2D eigenvalue weighted by molar-refractivity contribution is 0.529. The van der Waals surface area contributed by atoms with Crippen molar-refractivity contribution in [2.24, 2.45) is 4.99 Å². The van der Waals surface area contributed by atoms with E-state index in [0.29, 0.717) is 0 Å². The lowest BCUT2D eigenvalue weighted by Gasteiger charge is -2.20. The van der Waals surface area contributed by atoms with E-state index in [1.54, 1.807) is 11.8 Å². The van der Waals surface area contributed by atoms with Gasteiger partial charge < -0.3 is 4.90 Å². The largest absolute Gasteiger partial charge is 0.352 e. The number of likely N-dealkylation sites (tertiary alicyclic amines) is 1. The molecule has 0 unspecified atom stereocenters. The number of amidine groups is 1. The van der Waals surface area contributed by atoms with Gasteiger partial charge in [0.2, 0.25) is 0 Å². The number of thioether (sulfide) groups is 1. The monoisotopic (exact) mass is 230 g/mol. The van der Waals surface area contributed by atoms with Crippen molar-refractivity contribution in [2.75, 3.05) is 25.5 Å². The summed E-state index contributed by atoms with van der Waals surface area (Å²) in [5.41, 5.74) is 0. The van der Waals surface area contributed by atoms with Gasteiger partial charge in [-0.3, -0.25) is 4.99 Å². The summed E-state index contributed by atoms with van der Waals surface area (Å²) in [7, 11) is -1.01. The Kier molecular flexibility index (Phi) is 4.51. The van der Waals surface area contributed by atoms with Gasteiger partial charge in [-0.2, -0.15) is 0 Å². The molecule has 4 heteroatoms. The van der Waals surface area contributed by atoms with Crippen molar-refractivity contribution in [3.05, 3.63) is 0 Å². The zero-order valence-corrected chi connectivity index (χ0v) is 11.7. The van der Waals surface area contributed by atoms with Gasteiger partial charge in [0.05, 0.1) is 8.07 Å². The molecule has 0 bridgehead atoms. The standard InChI is InChI=1S/C10H22N2SSi/c1-13-10(11-9-14(2,3)4)12-7-5-6-8-12/h5-9H2,1-4H3/b11-10-. The van der Waals surface area contributed by atoms with Gasteiger partial charge in [0, 0.05) is 19.3 Å². The van der Waals surface area contributed by atoms with Crippen molar-refractivity contribution in [2.45, 2.75) is 32.5 Å². The van der Waals surface area contributed by atoms with Gasteiger partial charge in [0.25, 0.3) is 0 Å². The first-order valence-corrected chi connectivity index (χ1v) is 10.3. The van der Waals surface area contributed by atoms with Crippen molar-refractivity contribution in [1.82, 2.24) is 4.90 Å². The molecule has 2 nitrogen and oxygen atoms in total. The van der Waals surface area contributed by atoms with E-state index in [1.807, 2.05) is 0 Å². The number of hydrogen-bond donors (Lipinski definition) is 0. The average Bonchev–Trinajstić information content (AvgIpc) is 2.56. The summed E-state index contributed by atoms with van der Waals surface area (Å²) in [4.78, 5) is 7.20. The van der Waals surface area contributed by atoms with Crippen LogP contribution in [0.1, 0.15) is 12.8 Å². The molecule has 1 aliphatic rings. The molecular weight excluding hydrogens is 208 g/mol. The normalized spacial score (nSPS) is 19.1. The maximum atomic E-state index is 4.76. The third kappa shape index (κ3) is 4.05. The van der Waals surface area contributed by atoms with E-state index in [-0.39, 0.29) is 0 Å². The van der Waals surface area contributed by atoms with Gasteiger partial charge in [-0.1, -0.05) is 31.4 Å². The van der Waals surface area contributed by atoms with Crippen LogP contribution in [0.3, 0.4) is 0 Å². The highest BCUT2D eigenvalue weighted by Crippen LogP contribution is 2.15. The van der Waals surface area contributed by atoms with E-state index in [0.717, 1.165) is 6.17 Å². The number of aliphatic imine (C=N–C) groups is 1. The molecule has 0 aromatic heterocycles. The zero-order valence-electron chi connectivity index (χ0n) is 9.84. The predicted molar refractivity (Wildman–Crippen MR) is 70.0 cm³/mol. The SMILES string of the molecule is CS/C(=N\C[Si](C)(C)C)N1CCCC1. The lowest BCUT2D eigenvalue weighted by atomic mass is 10.4. The van der Waals surface area contributed by atoms with E-state index in [4.69, 9.17) is 4.99 Å². The van der Waals surface area contributed by atoms with Crippen molar-refractivity contribution in [3.8, 4) is 0 Å². The summed E-state index contributed by atoms with van der Waals surface area (Å²) in [5.74, 6) is 0. The molecule has 0 radical (unpaired) electrons. The van der Waals surface area contributed by atoms with Crippen LogP contribution in [0.15, 0.2) is 4.99 Å². The van der Waals surface area contributed by atoms with Crippen LogP contribution in [0.4, 0.5) is 0 Å². The maximum Gasteiger partial charge on any atom is 0.158 e. The molecule has 0 aliphatic carbocycles. The second kappa shape index (κ2) is 5.21. The molecule has 0 aromatic carbocycles. The van der Waals surface area contributed by atoms with Crippen LogP contribution in [0, 0.1) is 0 Å². The average molecular weight is 230 g/mol. The van der Waals surface area contributed by atoms with Crippen molar-refractivity contribution in [1.29, 1.82) is 0 Å². The summed E-state index contributed by atoms with van der Waals surface area (Å²) in [5, 5.41) is 1.27. The van der Waals surface area contributed by atoms with Crippen LogP contribution in [0.25, 0.3) is 0 Å². The second-order valence-electron chi connectivity index (χ2n) is 5.06. The van der Waals surface area contributed by atoms with E-state index in [2.05, 4.69) is 30.8 Å². The fourth-order valence-corrected chi connectivity index (χ4v) is 2.88. The summed E-state index contributed by atoms with van der Waals surface area (Å²) in [6, 6.07) is 0. The molecule has 14 heavy (non-hydrogen) atoms. The van der Waals surface area contributed by atoms with E-state index in [9.17, 15) is 0 Å². The van der Waals surface area contributed by atoms with Gasteiger partial charge >= 0.3 is 0 Å². The van der Waals surface area contributed by atoms with Gasteiger partial charge in [-0.15, -0.1) is 0 Å². The molecule has 0 aromatic rings. The van der Waals surface area contributed by atoms with Crippen LogP contribution < -0.4 is 0 Å². The predicted octanol–water partition coefficient (Wildman–Crippen LogP) is 2.68. The van der Waals surface area contributed by atoms with Crippen LogP contribution in [0.5, 0.6) is 0 Å². The molecule has 1 aliphatic heterocycles. The Morgan fingerprint density at radius 1 is 1.29 bits per heavy atom. The molecule has 82 valence electrons. The molecule has 0 saturated carbocycles. The summed E-state index contributed by atoms with van der Waals surface area (Å²) in [6.45, 7) is 9.55. The van der Waals surface area contributed by atoms with Gasteiger partial charge in [0.1, 0.15) is 0 Å². The summed E-state index contributed by atoms with van der Waals surface area (Å²) >= 11 is 1.81. The summed E-state index contributed by atoms with van der Waals surface area (Å²) in [6.07, 6.45) is 5.89. The number of hydrogen-bond acceptors (Lipinski definition) is 2. The third-order valence-corrected chi connectivity index (χ3v) is 4.11. The van der Waals surface area contributed by atoms with E-state index in [1.165, 1.54) is 31.1 Å². The molecule has 1 heterocycles. The maximum absolute atomic E-state index is 4.76. The Labute approximate surface area is 93.2 Å². The quantitative estimate of drug-likeness (QED) is 0.412. The van der Waals surface area contributed by atoms with Crippen LogP contribution in [-0.4, -0.2) is 43.7 Å². The van der Waals surface area contributed by atoms with Crippen LogP contribution in [-0.2, 0) is 0 Å². The number of nitrogens with zero attached hydrogens (tertiary/aromatic N) is 2. The van der Waals surface area contributed by atoms with Crippen molar-refractivity contribution < 1.29 is 0 Å². The van der Waals surface area contributed by atoms with E-state index < -0.39 is 8.07 Å². The highest BCUT2D eigenvalue weighted by atomic mass is 32.2. The molecule has 0 N–H and O–H groups in total. The lowest BCUT2D eigenvalue weighted by Crippen LogP contribution is -2.30. The first kappa shape index (κ1) is 12.1. The fraction of sp³-hybridized carbons (Fsp3) is 0.900. The first-order chi connectivity index (χ1) is 6.53. The van der Waals surface area contributed by atoms with Crippen molar-refractivity contribution in [3.63, 3.8) is 0 Å². The highest BCUT2D eigenvalue weighted by Gasteiger charge is 2.17. The first-order valence-electron chi connectivity index (χ1n) is 5.36. The minimum atomic E-state index is -1.01. The second-order valence-corrected chi connectivity index (χ2v) is 11.3. The minimum absolute atomic E-state index is 1.01. The number of rotatable bonds is 2. The molecule has 0 amide bonds. The molecule has 1 rings (SSSR count). The fourth-order valence-electron chi connectivity index (χ4n) is 1.51. The van der Waals surface area contributed by atoms with Crippen LogP contribution >= 0.6 is 11.8 Å². The molecule has 1 fully saturated rings. The Morgan fingerprint density at radius 3 is 2.29 bits per heavy atom. The van der Waals surface area contributed by atoms with Gasteiger partial charge in [-0.25, -0.2) is 0 Å². The van der Waals surface area contributed by atoms with Crippen molar-refractivity contribution >= 4 is 25.0 Å². The Hall–Kier alpha value is 0.0369. The molecule has 0 atom stereocenters. The molecular formula is C10H22N2SSi.